The smallest absolute Gasteiger partial charge is 0.283 e. The van der Waals surface area contributed by atoms with Gasteiger partial charge in [-0.1, -0.05) is 41.6 Å². The molecule has 3 aromatic carbocycles. The lowest BCUT2D eigenvalue weighted by Crippen LogP contribution is -2.23. The average Bonchev–Trinajstić information content (AvgIpc) is 3.24. The Hall–Kier alpha value is -3.75. The van der Waals surface area contributed by atoms with Crippen LogP contribution in [-0.4, -0.2) is 32.8 Å². The lowest BCUT2D eigenvalue weighted by Gasteiger charge is -2.12. The first kappa shape index (κ1) is 23.0. The standard InChI is InChI=1S/C26H21ClN4O3S/c1-2-34-19-13-9-17(10-14-19)28-22(32)15-35-26-30-23-20-5-3-4-6-21(20)29-24(23)25(33)31(26)18-11-7-16(27)8-12-18/h3-14,29H,2,15H2,1H3,(H,28,32). The van der Waals surface area contributed by atoms with Gasteiger partial charge in [0.25, 0.3) is 5.56 Å². The topological polar surface area (TPSA) is 89.0 Å². The van der Waals surface area contributed by atoms with Crippen LogP contribution in [0, 0.1) is 0 Å². The van der Waals surface area contributed by atoms with Gasteiger partial charge in [0.15, 0.2) is 5.16 Å². The van der Waals surface area contributed by atoms with Crippen LogP contribution in [0.25, 0.3) is 27.6 Å². The van der Waals surface area contributed by atoms with Crippen molar-refractivity contribution in [2.24, 2.45) is 0 Å². The van der Waals surface area contributed by atoms with Crippen LogP contribution in [0.2, 0.25) is 5.02 Å². The molecule has 0 unspecified atom stereocenters. The van der Waals surface area contributed by atoms with Gasteiger partial charge in [0.05, 0.1) is 18.0 Å². The largest absolute Gasteiger partial charge is 0.494 e. The van der Waals surface area contributed by atoms with Gasteiger partial charge in [0.2, 0.25) is 5.91 Å². The van der Waals surface area contributed by atoms with Crippen LogP contribution in [0.15, 0.2) is 82.7 Å². The molecule has 0 saturated carbocycles. The van der Waals surface area contributed by atoms with Gasteiger partial charge >= 0.3 is 0 Å². The summed E-state index contributed by atoms with van der Waals surface area (Å²) in [7, 11) is 0. The van der Waals surface area contributed by atoms with Crippen molar-refractivity contribution in [3.63, 3.8) is 0 Å². The number of ether oxygens (including phenoxy) is 1. The van der Waals surface area contributed by atoms with Gasteiger partial charge in [-0.3, -0.25) is 14.2 Å². The quantitative estimate of drug-likeness (QED) is 0.221. The molecular weight excluding hydrogens is 484 g/mol. The van der Waals surface area contributed by atoms with Gasteiger partial charge in [-0.2, -0.15) is 0 Å². The zero-order chi connectivity index (χ0) is 24.4. The molecule has 0 spiro atoms. The summed E-state index contributed by atoms with van der Waals surface area (Å²) in [5.41, 5.74) is 2.83. The van der Waals surface area contributed by atoms with Crippen molar-refractivity contribution < 1.29 is 9.53 Å². The van der Waals surface area contributed by atoms with Crippen molar-refractivity contribution in [1.29, 1.82) is 0 Å². The maximum Gasteiger partial charge on any atom is 0.283 e. The minimum Gasteiger partial charge on any atom is -0.494 e. The van der Waals surface area contributed by atoms with Gasteiger partial charge < -0.3 is 15.0 Å². The van der Waals surface area contributed by atoms with E-state index < -0.39 is 0 Å². The monoisotopic (exact) mass is 504 g/mol. The van der Waals surface area contributed by atoms with E-state index in [1.54, 1.807) is 48.5 Å². The van der Waals surface area contributed by atoms with E-state index in [1.807, 2.05) is 31.2 Å². The SMILES string of the molecule is CCOc1ccc(NC(=O)CSc2nc3c([nH]c4ccccc43)c(=O)n2-c2ccc(Cl)cc2)cc1. The summed E-state index contributed by atoms with van der Waals surface area (Å²) in [6.07, 6.45) is 0. The molecule has 2 aromatic heterocycles. The van der Waals surface area contributed by atoms with Crippen LogP contribution in [-0.2, 0) is 4.79 Å². The van der Waals surface area contributed by atoms with E-state index >= 15 is 0 Å². The molecule has 2 N–H and O–H groups in total. The highest BCUT2D eigenvalue weighted by Gasteiger charge is 2.18. The molecule has 5 aromatic rings. The molecule has 0 bridgehead atoms. The molecule has 0 atom stereocenters. The highest BCUT2D eigenvalue weighted by Crippen LogP contribution is 2.27. The van der Waals surface area contributed by atoms with Crippen LogP contribution < -0.4 is 15.6 Å². The normalized spacial score (nSPS) is 11.1. The maximum absolute atomic E-state index is 13.6. The van der Waals surface area contributed by atoms with Gasteiger partial charge in [-0.05, 0) is 61.5 Å². The number of halogens is 1. The van der Waals surface area contributed by atoms with E-state index in [1.165, 1.54) is 16.3 Å². The summed E-state index contributed by atoms with van der Waals surface area (Å²) in [5.74, 6) is 0.597. The lowest BCUT2D eigenvalue weighted by molar-refractivity contribution is -0.113. The Labute approximate surface area is 210 Å². The van der Waals surface area contributed by atoms with Crippen LogP contribution in [0.5, 0.6) is 5.75 Å². The summed E-state index contributed by atoms with van der Waals surface area (Å²) >= 11 is 7.25. The average molecular weight is 505 g/mol. The molecule has 0 saturated heterocycles. The highest BCUT2D eigenvalue weighted by atomic mass is 35.5. The number of aromatic amines is 1. The zero-order valence-corrected chi connectivity index (χ0v) is 20.3. The van der Waals surface area contributed by atoms with Crippen molar-refractivity contribution in [3.05, 3.63) is 88.2 Å². The van der Waals surface area contributed by atoms with Crippen molar-refractivity contribution in [3.8, 4) is 11.4 Å². The number of amides is 1. The van der Waals surface area contributed by atoms with E-state index in [2.05, 4.69) is 10.3 Å². The number of carbonyl (C=O) groups is 1. The molecule has 176 valence electrons. The Morgan fingerprint density at radius 3 is 2.57 bits per heavy atom. The maximum atomic E-state index is 13.6. The first-order valence-corrected chi connectivity index (χ1v) is 12.3. The molecule has 9 heteroatoms. The van der Waals surface area contributed by atoms with Crippen LogP contribution in [0.1, 0.15) is 6.92 Å². The number of aromatic nitrogens is 3. The number of fused-ring (bicyclic) bond motifs is 3. The molecular formula is C26H21ClN4O3S. The number of benzene rings is 3. The molecule has 1 amide bonds. The second-order valence-corrected chi connectivity index (χ2v) is 9.08. The minimum absolute atomic E-state index is 0.0705. The Morgan fingerprint density at radius 1 is 1.09 bits per heavy atom. The zero-order valence-electron chi connectivity index (χ0n) is 18.7. The van der Waals surface area contributed by atoms with Crippen LogP contribution >= 0.6 is 23.4 Å². The molecule has 2 heterocycles. The van der Waals surface area contributed by atoms with E-state index in [0.29, 0.717) is 39.2 Å². The van der Waals surface area contributed by atoms with Gasteiger partial charge in [0, 0.05) is 21.6 Å². The second-order valence-electron chi connectivity index (χ2n) is 7.70. The van der Waals surface area contributed by atoms with E-state index in [0.717, 1.165) is 16.7 Å². The number of para-hydroxylation sites is 1. The number of hydrogen-bond acceptors (Lipinski definition) is 5. The molecule has 0 aliphatic carbocycles. The minimum atomic E-state index is -0.247. The van der Waals surface area contributed by atoms with Crippen molar-refractivity contribution in [2.75, 3.05) is 17.7 Å². The molecule has 7 nitrogen and oxygen atoms in total. The molecule has 0 fully saturated rings. The summed E-state index contributed by atoms with van der Waals surface area (Å²) in [6.45, 7) is 2.49. The van der Waals surface area contributed by atoms with Gasteiger partial charge in [-0.15, -0.1) is 0 Å². The molecule has 5 rings (SSSR count). The molecule has 0 aliphatic rings. The summed E-state index contributed by atoms with van der Waals surface area (Å²) < 4.78 is 6.94. The third-order valence-electron chi connectivity index (χ3n) is 5.36. The van der Waals surface area contributed by atoms with Crippen molar-refractivity contribution in [1.82, 2.24) is 14.5 Å². The van der Waals surface area contributed by atoms with Crippen LogP contribution in [0.3, 0.4) is 0 Å². The van der Waals surface area contributed by atoms with Crippen LogP contribution in [0.4, 0.5) is 5.69 Å². The number of thioether (sulfide) groups is 1. The molecule has 35 heavy (non-hydrogen) atoms. The third-order valence-corrected chi connectivity index (χ3v) is 6.55. The van der Waals surface area contributed by atoms with E-state index in [4.69, 9.17) is 21.3 Å². The van der Waals surface area contributed by atoms with E-state index in [9.17, 15) is 9.59 Å². The second kappa shape index (κ2) is 9.85. The number of rotatable bonds is 7. The fourth-order valence-corrected chi connectivity index (χ4v) is 4.72. The lowest BCUT2D eigenvalue weighted by atomic mass is 10.2. The number of H-pyrrole nitrogens is 1. The molecule has 0 aliphatic heterocycles. The Bertz CT molecular complexity index is 1580. The summed E-state index contributed by atoms with van der Waals surface area (Å²) in [4.78, 5) is 34.2. The molecule has 0 radical (unpaired) electrons. The summed E-state index contributed by atoms with van der Waals surface area (Å²) in [6, 6.07) is 21.7. The Balaban J connectivity index is 1.48. The predicted molar refractivity (Wildman–Crippen MR) is 141 cm³/mol. The fraction of sp³-hybridized carbons (Fsp3) is 0.115. The Kier molecular flexibility index (Phi) is 6.48. The Morgan fingerprint density at radius 2 is 1.83 bits per heavy atom. The van der Waals surface area contributed by atoms with E-state index in [-0.39, 0.29) is 17.2 Å². The van der Waals surface area contributed by atoms with Gasteiger partial charge in [-0.25, -0.2) is 4.98 Å². The number of nitrogens with one attached hydrogen (secondary N) is 2. The predicted octanol–water partition coefficient (Wildman–Crippen LogP) is 5.65. The number of carbonyl (C=O) groups excluding carboxylic acids is 1. The third kappa shape index (κ3) is 4.76. The number of hydrogen-bond donors (Lipinski definition) is 2. The first-order valence-electron chi connectivity index (χ1n) is 11.0. The highest BCUT2D eigenvalue weighted by molar-refractivity contribution is 7.99. The van der Waals surface area contributed by atoms with Crippen molar-refractivity contribution in [2.45, 2.75) is 12.1 Å². The summed E-state index contributed by atoms with van der Waals surface area (Å²) in [5, 5.41) is 4.69. The fourth-order valence-electron chi connectivity index (χ4n) is 3.79. The van der Waals surface area contributed by atoms with Gasteiger partial charge in [0.1, 0.15) is 16.8 Å². The first-order chi connectivity index (χ1) is 17.0. The van der Waals surface area contributed by atoms with Crippen molar-refractivity contribution >= 4 is 56.9 Å². The number of nitrogens with zero attached hydrogens (tertiary/aromatic N) is 2. The number of anilines is 1.